The number of nitrogens with one attached hydrogen (secondary N) is 3. The van der Waals surface area contributed by atoms with Crippen LogP contribution in [0.2, 0.25) is 10.0 Å². The van der Waals surface area contributed by atoms with Crippen molar-refractivity contribution in [2.45, 2.75) is 6.54 Å². The minimum atomic E-state index is -0.803. The third kappa shape index (κ3) is 4.51. The van der Waals surface area contributed by atoms with Crippen molar-refractivity contribution in [1.29, 1.82) is 5.26 Å². The molecule has 0 bridgehead atoms. The highest BCUT2D eigenvalue weighted by Gasteiger charge is 2.22. The number of carbonyl (C=O) groups excluding carboxylic acids is 1. The summed E-state index contributed by atoms with van der Waals surface area (Å²) in [5, 5.41) is 14.4. The molecular weight excluding hydrogens is 424 g/mol. The lowest BCUT2D eigenvalue weighted by atomic mass is 10.2. The normalized spacial score (nSPS) is 10.3. The molecule has 3 rings (SSSR count). The monoisotopic (exact) mass is 434 g/mol. The van der Waals surface area contributed by atoms with Crippen molar-refractivity contribution in [3.05, 3.63) is 74.2 Å². The van der Waals surface area contributed by atoms with Gasteiger partial charge in [-0.15, -0.1) is 0 Å². The maximum absolute atomic E-state index is 14.9. The number of benzene rings is 2. The van der Waals surface area contributed by atoms with Crippen LogP contribution in [0.1, 0.15) is 21.6 Å². The third-order valence-corrected chi connectivity index (χ3v) is 4.29. The maximum Gasteiger partial charge on any atom is 0.353 e. The van der Waals surface area contributed by atoms with Gasteiger partial charge in [0.15, 0.2) is 17.9 Å². The van der Waals surface area contributed by atoms with Crippen LogP contribution in [0.3, 0.4) is 0 Å². The summed E-state index contributed by atoms with van der Waals surface area (Å²) in [6.07, 6.45) is 1.26. The largest absolute Gasteiger partial charge is 0.453 e. The van der Waals surface area contributed by atoms with E-state index in [2.05, 4.69) is 20.5 Å². The van der Waals surface area contributed by atoms with Crippen molar-refractivity contribution >= 4 is 34.9 Å². The van der Waals surface area contributed by atoms with E-state index < -0.39 is 11.7 Å². The number of rotatable bonds is 6. The first-order valence-electron chi connectivity index (χ1n) is 7.99. The van der Waals surface area contributed by atoms with Crippen LogP contribution in [0.4, 0.5) is 10.2 Å². The van der Waals surface area contributed by atoms with E-state index in [-0.39, 0.29) is 50.7 Å². The van der Waals surface area contributed by atoms with Crippen LogP contribution in [0.5, 0.6) is 11.5 Å². The maximum atomic E-state index is 14.9. The highest BCUT2D eigenvalue weighted by molar-refractivity contribution is 6.32. The summed E-state index contributed by atoms with van der Waals surface area (Å²) in [4.78, 5) is 27.8. The molecule has 1 aromatic heterocycles. The molecule has 0 saturated heterocycles. The molecule has 1 heterocycles. The second-order valence-corrected chi connectivity index (χ2v) is 6.51. The molecule has 8 nitrogen and oxygen atoms in total. The highest BCUT2D eigenvalue weighted by Crippen LogP contribution is 2.35. The quantitative estimate of drug-likeness (QED) is 0.562. The Kier molecular flexibility index (Phi) is 6.07. The van der Waals surface area contributed by atoms with Crippen molar-refractivity contribution in [2.24, 2.45) is 5.18 Å². The first-order valence-corrected chi connectivity index (χ1v) is 8.74. The van der Waals surface area contributed by atoms with E-state index >= 15 is 0 Å². The third-order valence-electron chi connectivity index (χ3n) is 3.77. The number of nitroso groups, excluding NO2 is 1. The van der Waals surface area contributed by atoms with Gasteiger partial charge in [0.25, 0.3) is 5.91 Å². The first kappa shape index (κ1) is 20.3. The summed E-state index contributed by atoms with van der Waals surface area (Å²) >= 11 is 12.0. The standard InChI is InChI=1S/C18H10Cl2FN5O3/c19-11-3-9(6-22)4-12(5-11)29-16-13(20)2-1-10(14(16)21)7-23-18(27)15-17(26-28)25-8-24-15/h1-5,8H,7H2,(H,23,27)(H,24,25)/p+1. The Balaban J connectivity index is 1.82. The van der Waals surface area contributed by atoms with Gasteiger partial charge in [-0.3, -0.25) is 9.78 Å². The van der Waals surface area contributed by atoms with Crippen LogP contribution in [0, 0.1) is 22.1 Å². The molecule has 0 fully saturated rings. The molecule has 0 aliphatic heterocycles. The molecule has 146 valence electrons. The number of nitriles is 1. The second kappa shape index (κ2) is 8.68. The molecule has 11 heteroatoms. The summed E-state index contributed by atoms with van der Waals surface area (Å²) in [5.41, 5.74) is 0.222. The summed E-state index contributed by atoms with van der Waals surface area (Å²) in [7, 11) is 0. The summed E-state index contributed by atoms with van der Waals surface area (Å²) < 4.78 is 20.4. The van der Waals surface area contributed by atoms with Crippen LogP contribution >= 0.6 is 23.2 Å². The van der Waals surface area contributed by atoms with Gasteiger partial charge in [-0.05, 0) is 24.3 Å². The number of imidazole rings is 1. The molecule has 0 saturated carbocycles. The molecule has 2 aromatic carbocycles. The van der Waals surface area contributed by atoms with Gasteiger partial charge in [-0.2, -0.15) is 5.26 Å². The van der Waals surface area contributed by atoms with Crippen LogP contribution in [-0.2, 0) is 6.54 Å². The first-order chi connectivity index (χ1) is 13.9. The van der Waals surface area contributed by atoms with E-state index in [1.807, 2.05) is 6.07 Å². The van der Waals surface area contributed by atoms with Gasteiger partial charge in [-0.1, -0.05) is 34.2 Å². The molecule has 29 heavy (non-hydrogen) atoms. The minimum absolute atomic E-state index is 0.0116. The molecule has 0 atom stereocenters. The fourth-order valence-electron chi connectivity index (χ4n) is 2.43. The van der Waals surface area contributed by atoms with Gasteiger partial charge in [-0.25, -0.2) is 9.37 Å². The number of carbonyl (C=O) groups is 1. The lowest BCUT2D eigenvalue weighted by Crippen LogP contribution is -2.24. The Morgan fingerprint density at radius 2 is 2.14 bits per heavy atom. The number of hydrogen-bond acceptors (Lipinski definition) is 5. The molecule has 0 spiro atoms. The number of amides is 1. The van der Waals surface area contributed by atoms with Crippen LogP contribution in [0.25, 0.3) is 0 Å². The molecule has 0 aliphatic carbocycles. The van der Waals surface area contributed by atoms with Crippen LogP contribution in [-0.4, -0.2) is 10.9 Å². The second-order valence-electron chi connectivity index (χ2n) is 5.67. The molecular formula is C18H11Cl2FN5O3+. The minimum Gasteiger partial charge on any atom is -0.453 e. The highest BCUT2D eigenvalue weighted by atomic mass is 35.5. The molecule has 0 unspecified atom stereocenters. The van der Waals surface area contributed by atoms with Crippen LogP contribution in [0.15, 0.2) is 41.8 Å². The van der Waals surface area contributed by atoms with Crippen LogP contribution < -0.4 is 15.0 Å². The van der Waals surface area contributed by atoms with Gasteiger partial charge >= 0.3 is 5.82 Å². The predicted molar refractivity (Wildman–Crippen MR) is 102 cm³/mol. The summed E-state index contributed by atoms with van der Waals surface area (Å²) in [5.74, 6) is -1.81. The summed E-state index contributed by atoms with van der Waals surface area (Å²) in [6.45, 7) is -0.214. The lowest BCUT2D eigenvalue weighted by Gasteiger charge is -2.12. The van der Waals surface area contributed by atoms with E-state index in [0.29, 0.717) is 0 Å². The number of ether oxygens (including phenoxy) is 1. The number of aromatic amines is 2. The Morgan fingerprint density at radius 3 is 2.86 bits per heavy atom. The number of hydrogen-bond donors (Lipinski definition) is 2. The van der Waals surface area contributed by atoms with E-state index in [9.17, 15) is 14.1 Å². The smallest absolute Gasteiger partial charge is 0.353 e. The van der Waals surface area contributed by atoms with Gasteiger partial charge in [0, 0.05) is 17.1 Å². The lowest BCUT2D eigenvalue weighted by molar-refractivity contribution is -0.361. The zero-order valence-electron chi connectivity index (χ0n) is 14.4. The predicted octanol–water partition coefficient (Wildman–Crippen LogP) is 4.27. The number of halogens is 3. The molecule has 3 N–H and O–H groups in total. The van der Waals surface area contributed by atoms with Crippen molar-refractivity contribution in [3.63, 3.8) is 0 Å². The molecule has 3 aromatic rings. The average molecular weight is 435 g/mol. The van der Waals surface area contributed by atoms with E-state index in [1.165, 1.54) is 36.7 Å². The number of nitrogens with zero attached hydrogens (tertiary/aromatic N) is 2. The fourth-order valence-corrected chi connectivity index (χ4v) is 2.84. The Labute approximate surface area is 173 Å². The number of H-pyrrole nitrogens is 2. The fraction of sp³-hybridized carbons (Fsp3) is 0.0556. The van der Waals surface area contributed by atoms with Crippen molar-refractivity contribution in [2.75, 3.05) is 0 Å². The Hall–Kier alpha value is -3.48. The Bertz CT molecular complexity index is 1140. The van der Waals surface area contributed by atoms with Crippen molar-refractivity contribution in [1.82, 2.24) is 10.3 Å². The van der Waals surface area contributed by atoms with Gasteiger partial charge in [0.2, 0.25) is 5.69 Å². The van der Waals surface area contributed by atoms with Crippen molar-refractivity contribution < 1.29 is 18.9 Å². The van der Waals surface area contributed by atoms with E-state index in [0.717, 1.165) is 0 Å². The summed E-state index contributed by atoms with van der Waals surface area (Å²) in [6, 6.07) is 8.91. The zero-order chi connectivity index (χ0) is 21.0. The van der Waals surface area contributed by atoms with E-state index in [1.54, 1.807) is 0 Å². The Morgan fingerprint density at radius 1 is 1.34 bits per heavy atom. The van der Waals surface area contributed by atoms with Gasteiger partial charge in [0.1, 0.15) is 10.9 Å². The topological polar surface area (TPSA) is 121 Å². The SMILES string of the molecule is N#Cc1cc(Cl)cc(Oc2c(Cl)ccc(CNC(=O)c3[nH]c[nH+]c3N=O)c2F)c1. The zero-order valence-corrected chi connectivity index (χ0v) is 15.9. The van der Waals surface area contributed by atoms with Crippen molar-refractivity contribution in [3.8, 4) is 17.6 Å². The molecule has 0 radical (unpaired) electrons. The van der Waals surface area contributed by atoms with E-state index in [4.69, 9.17) is 33.2 Å². The average Bonchev–Trinajstić information content (AvgIpc) is 3.19. The van der Waals surface area contributed by atoms with Gasteiger partial charge in [0.05, 0.1) is 16.7 Å². The molecule has 0 aliphatic rings. The number of aromatic nitrogens is 2. The molecule has 1 amide bonds. The van der Waals surface area contributed by atoms with Gasteiger partial charge < -0.3 is 10.1 Å².